The Kier molecular flexibility index (Phi) is 5.68. The van der Waals surface area contributed by atoms with Crippen LogP contribution in [0, 0.1) is 5.92 Å². The SMILES string of the molecule is CCC(Cc1ccccc1)NC1CCCC(C(F)(F)F)C1. The first-order chi connectivity index (χ1) is 9.99. The third kappa shape index (κ3) is 5.03. The molecule has 3 unspecified atom stereocenters. The number of rotatable bonds is 5. The maximum absolute atomic E-state index is 12.9. The van der Waals surface area contributed by atoms with Gasteiger partial charge in [-0.3, -0.25) is 0 Å². The van der Waals surface area contributed by atoms with Crippen LogP contribution in [-0.4, -0.2) is 18.3 Å². The summed E-state index contributed by atoms with van der Waals surface area (Å²) in [5.74, 6) is -1.13. The highest BCUT2D eigenvalue weighted by atomic mass is 19.4. The van der Waals surface area contributed by atoms with E-state index in [0.717, 1.165) is 19.3 Å². The summed E-state index contributed by atoms with van der Waals surface area (Å²) in [6.45, 7) is 2.09. The second-order valence-electron chi connectivity index (χ2n) is 6.06. The Balaban J connectivity index is 1.89. The number of alkyl halides is 3. The van der Waals surface area contributed by atoms with E-state index in [-0.39, 0.29) is 24.9 Å². The first-order valence-corrected chi connectivity index (χ1v) is 7.85. The Morgan fingerprint density at radius 1 is 1.19 bits per heavy atom. The minimum atomic E-state index is -4.04. The second-order valence-corrected chi connectivity index (χ2v) is 6.06. The van der Waals surface area contributed by atoms with Crippen LogP contribution in [0.2, 0.25) is 0 Å². The third-order valence-electron chi connectivity index (χ3n) is 4.43. The first kappa shape index (κ1) is 16.3. The fourth-order valence-corrected chi connectivity index (χ4v) is 3.19. The molecule has 1 aromatic rings. The first-order valence-electron chi connectivity index (χ1n) is 7.85. The average molecular weight is 299 g/mol. The molecule has 2 rings (SSSR count). The molecule has 0 aromatic heterocycles. The van der Waals surface area contributed by atoms with Crippen molar-refractivity contribution in [2.24, 2.45) is 5.92 Å². The molecule has 0 spiro atoms. The molecule has 0 amide bonds. The Morgan fingerprint density at radius 3 is 2.52 bits per heavy atom. The zero-order chi connectivity index (χ0) is 15.3. The van der Waals surface area contributed by atoms with Crippen LogP contribution < -0.4 is 5.32 Å². The Labute approximate surface area is 124 Å². The molecular formula is C17H24F3N. The molecule has 1 fully saturated rings. The van der Waals surface area contributed by atoms with E-state index in [4.69, 9.17) is 0 Å². The van der Waals surface area contributed by atoms with Crippen molar-refractivity contribution >= 4 is 0 Å². The van der Waals surface area contributed by atoms with Crippen LogP contribution in [0.1, 0.15) is 44.6 Å². The number of hydrogen-bond donors (Lipinski definition) is 1. The summed E-state index contributed by atoms with van der Waals surface area (Å²) in [4.78, 5) is 0. The van der Waals surface area contributed by atoms with Crippen molar-refractivity contribution in [1.82, 2.24) is 5.32 Å². The minimum Gasteiger partial charge on any atom is -0.311 e. The van der Waals surface area contributed by atoms with E-state index in [2.05, 4.69) is 24.4 Å². The van der Waals surface area contributed by atoms with Gasteiger partial charge in [0.1, 0.15) is 0 Å². The maximum Gasteiger partial charge on any atom is 0.391 e. The molecule has 21 heavy (non-hydrogen) atoms. The fraction of sp³-hybridized carbons (Fsp3) is 0.647. The summed E-state index contributed by atoms with van der Waals surface area (Å²) >= 11 is 0. The smallest absolute Gasteiger partial charge is 0.311 e. The van der Waals surface area contributed by atoms with Crippen molar-refractivity contribution in [3.8, 4) is 0 Å². The molecule has 118 valence electrons. The molecule has 1 nitrogen and oxygen atoms in total. The van der Waals surface area contributed by atoms with E-state index < -0.39 is 12.1 Å². The Hall–Kier alpha value is -1.03. The van der Waals surface area contributed by atoms with Crippen LogP contribution in [0.25, 0.3) is 0 Å². The van der Waals surface area contributed by atoms with Gasteiger partial charge in [0, 0.05) is 12.1 Å². The van der Waals surface area contributed by atoms with Crippen LogP contribution in [0.15, 0.2) is 30.3 Å². The highest BCUT2D eigenvalue weighted by Gasteiger charge is 2.42. The molecule has 3 atom stereocenters. The minimum absolute atomic E-state index is 0.000891. The van der Waals surface area contributed by atoms with E-state index >= 15 is 0 Å². The molecule has 0 saturated heterocycles. The van der Waals surface area contributed by atoms with Gasteiger partial charge in [0.15, 0.2) is 0 Å². The highest BCUT2D eigenvalue weighted by Crippen LogP contribution is 2.37. The van der Waals surface area contributed by atoms with Crippen molar-refractivity contribution in [2.45, 2.75) is 63.7 Å². The number of nitrogens with one attached hydrogen (secondary N) is 1. The molecule has 0 radical (unpaired) electrons. The summed E-state index contributed by atoms with van der Waals surface area (Å²) < 4.78 is 38.6. The lowest BCUT2D eigenvalue weighted by Gasteiger charge is -2.33. The van der Waals surface area contributed by atoms with Gasteiger partial charge in [-0.1, -0.05) is 43.7 Å². The highest BCUT2D eigenvalue weighted by molar-refractivity contribution is 5.15. The summed E-state index contributed by atoms with van der Waals surface area (Å²) in [6.07, 6.45) is -0.179. The predicted molar refractivity (Wildman–Crippen MR) is 79.2 cm³/mol. The second kappa shape index (κ2) is 7.30. The lowest BCUT2D eigenvalue weighted by molar-refractivity contribution is -0.183. The average Bonchev–Trinajstić information content (AvgIpc) is 2.47. The molecule has 1 aliphatic rings. The summed E-state index contributed by atoms with van der Waals surface area (Å²) in [7, 11) is 0. The van der Waals surface area contributed by atoms with Crippen molar-refractivity contribution in [3.05, 3.63) is 35.9 Å². The monoisotopic (exact) mass is 299 g/mol. The Bertz CT molecular complexity index is 416. The predicted octanol–water partition coefficient (Wildman–Crippen LogP) is 4.72. The zero-order valence-electron chi connectivity index (χ0n) is 12.5. The largest absolute Gasteiger partial charge is 0.391 e. The normalized spacial score (nSPS) is 24.8. The molecular weight excluding hydrogens is 275 g/mol. The maximum atomic E-state index is 12.9. The fourth-order valence-electron chi connectivity index (χ4n) is 3.19. The van der Waals surface area contributed by atoms with Crippen molar-refractivity contribution < 1.29 is 13.2 Å². The van der Waals surface area contributed by atoms with E-state index in [1.54, 1.807) is 0 Å². The van der Waals surface area contributed by atoms with Crippen molar-refractivity contribution in [3.63, 3.8) is 0 Å². The molecule has 4 heteroatoms. The number of hydrogen-bond acceptors (Lipinski definition) is 1. The van der Waals surface area contributed by atoms with Gasteiger partial charge < -0.3 is 5.32 Å². The van der Waals surface area contributed by atoms with Crippen LogP contribution in [-0.2, 0) is 6.42 Å². The van der Waals surface area contributed by atoms with Gasteiger partial charge in [-0.2, -0.15) is 13.2 Å². The molecule has 1 saturated carbocycles. The van der Waals surface area contributed by atoms with Crippen molar-refractivity contribution in [1.29, 1.82) is 0 Å². The van der Waals surface area contributed by atoms with Crippen LogP contribution in [0.4, 0.5) is 13.2 Å². The van der Waals surface area contributed by atoms with Crippen LogP contribution in [0.5, 0.6) is 0 Å². The lowest BCUT2D eigenvalue weighted by atomic mass is 9.84. The summed E-state index contributed by atoms with van der Waals surface area (Å²) in [6, 6.07) is 10.4. The number of halogens is 3. The van der Waals surface area contributed by atoms with Gasteiger partial charge in [0.2, 0.25) is 0 Å². The van der Waals surface area contributed by atoms with Crippen LogP contribution in [0.3, 0.4) is 0 Å². The van der Waals surface area contributed by atoms with Crippen molar-refractivity contribution in [2.75, 3.05) is 0 Å². The van der Waals surface area contributed by atoms with Gasteiger partial charge in [-0.25, -0.2) is 0 Å². The molecule has 1 aliphatic carbocycles. The summed E-state index contributed by atoms with van der Waals surface area (Å²) in [5, 5.41) is 3.46. The van der Waals surface area contributed by atoms with E-state index in [9.17, 15) is 13.2 Å². The van der Waals surface area contributed by atoms with E-state index in [0.29, 0.717) is 6.42 Å². The van der Waals surface area contributed by atoms with Gasteiger partial charge in [0.25, 0.3) is 0 Å². The van der Waals surface area contributed by atoms with Gasteiger partial charge in [0.05, 0.1) is 5.92 Å². The molecule has 0 aliphatic heterocycles. The third-order valence-corrected chi connectivity index (χ3v) is 4.43. The van der Waals surface area contributed by atoms with E-state index in [1.165, 1.54) is 5.56 Å². The summed E-state index contributed by atoms with van der Waals surface area (Å²) in [5.41, 5.74) is 1.24. The molecule has 0 heterocycles. The Morgan fingerprint density at radius 2 is 1.90 bits per heavy atom. The van der Waals surface area contributed by atoms with E-state index in [1.807, 2.05) is 18.2 Å². The quantitative estimate of drug-likeness (QED) is 0.829. The molecule has 1 N–H and O–H groups in total. The zero-order valence-corrected chi connectivity index (χ0v) is 12.5. The van der Waals surface area contributed by atoms with Gasteiger partial charge >= 0.3 is 6.18 Å². The molecule has 1 aromatic carbocycles. The topological polar surface area (TPSA) is 12.0 Å². The van der Waals surface area contributed by atoms with Gasteiger partial charge in [-0.05, 0) is 37.7 Å². The number of benzene rings is 1. The molecule has 0 bridgehead atoms. The van der Waals surface area contributed by atoms with Crippen LogP contribution >= 0.6 is 0 Å². The lowest BCUT2D eigenvalue weighted by Crippen LogP contribution is -2.44. The standard InChI is InChI=1S/C17H24F3N/c1-2-15(11-13-7-4-3-5-8-13)21-16-10-6-9-14(12-16)17(18,19)20/h3-5,7-8,14-16,21H,2,6,9-12H2,1H3. The van der Waals surface area contributed by atoms with Gasteiger partial charge in [-0.15, -0.1) is 0 Å².